The number of H-pyrrole nitrogens is 1. The maximum atomic E-state index is 11.7. The van der Waals surface area contributed by atoms with Crippen LogP contribution in [0.25, 0.3) is 11.0 Å². The molecule has 2 aromatic rings. The molecule has 2 aromatic heterocycles. The molecule has 1 atom stereocenters. The van der Waals surface area contributed by atoms with E-state index in [4.69, 9.17) is 4.74 Å². The minimum Gasteiger partial charge on any atom is -0.465 e. The Balaban J connectivity index is 1.97. The topological polar surface area (TPSA) is 75.2 Å². The van der Waals surface area contributed by atoms with Gasteiger partial charge in [0.2, 0.25) is 0 Å². The summed E-state index contributed by atoms with van der Waals surface area (Å²) in [5.41, 5.74) is 2.45. The van der Waals surface area contributed by atoms with Gasteiger partial charge in [-0.05, 0) is 24.5 Å². The number of nitrogens with one attached hydrogen (secondary N) is 1. The van der Waals surface area contributed by atoms with Gasteiger partial charge in [-0.25, -0.2) is 4.79 Å². The zero-order valence-electron chi connectivity index (χ0n) is 10.7. The average Bonchev–Trinajstić information content (AvgIpc) is 3.12. The predicted molar refractivity (Wildman–Crippen MR) is 69.7 cm³/mol. The normalized spacial score (nSPS) is 16.5. The maximum Gasteiger partial charge on any atom is 0.340 e. The largest absolute Gasteiger partial charge is 0.465 e. The lowest BCUT2D eigenvalue weighted by atomic mass is 10.1. The second kappa shape index (κ2) is 4.66. The third kappa shape index (κ3) is 2.33. The van der Waals surface area contributed by atoms with Crippen LogP contribution in [-0.2, 0) is 4.74 Å². The van der Waals surface area contributed by atoms with Gasteiger partial charge in [-0.1, -0.05) is 12.8 Å². The first-order chi connectivity index (χ1) is 9.19. The van der Waals surface area contributed by atoms with Crippen molar-refractivity contribution in [3.8, 4) is 0 Å². The summed E-state index contributed by atoms with van der Waals surface area (Å²) in [5.74, 6) is 0.229. The maximum absolute atomic E-state index is 11.7. The van der Waals surface area contributed by atoms with Gasteiger partial charge in [-0.2, -0.15) is 0 Å². The van der Waals surface area contributed by atoms with Gasteiger partial charge in [0.1, 0.15) is 0 Å². The number of fused-ring (bicyclic) bond motifs is 1. The number of carbonyl (C=O) groups excluding carboxylic acids is 1. The van der Waals surface area contributed by atoms with Crippen molar-refractivity contribution in [1.29, 1.82) is 0 Å². The highest BCUT2D eigenvalue weighted by Gasteiger charge is 2.26. The number of rotatable bonds is 4. The van der Waals surface area contributed by atoms with E-state index in [0.717, 1.165) is 6.42 Å². The van der Waals surface area contributed by atoms with Crippen LogP contribution in [0.1, 0.15) is 41.4 Å². The van der Waals surface area contributed by atoms with Crippen LogP contribution < -0.4 is 0 Å². The van der Waals surface area contributed by atoms with Crippen LogP contribution in [0, 0.1) is 5.92 Å². The first-order valence-electron chi connectivity index (χ1n) is 6.43. The van der Waals surface area contributed by atoms with E-state index in [2.05, 4.69) is 9.97 Å². The van der Waals surface area contributed by atoms with Crippen molar-refractivity contribution in [2.75, 3.05) is 7.11 Å². The molecule has 0 amide bonds. The van der Waals surface area contributed by atoms with Gasteiger partial charge in [0, 0.05) is 11.9 Å². The first kappa shape index (κ1) is 12.2. The number of carbonyl (C=O) groups is 1. The molecule has 5 heteroatoms. The molecule has 1 aliphatic rings. The van der Waals surface area contributed by atoms with Crippen LogP contribution in [0.5, 0.6) is 0 Å². The molecule has 0 radical (unpaired) electrons. The summed E-state index contributed by atoms with van der Waals surface area (Å²) in [7, 11) is 1.35. The van der Waals surface area contributed by atoms with Crippen LogP contribution in [0.4, 0.5) is 0 Å². The molecule has 1 fully saturated rings. The molecular weight excluding hydrogens is 244 g/mol. The van der Waals surface area contributed by atoms with Crippen molar-refractivity contribution in [2.45, 2.75) is 25.4 Å². The fourth-order valence-corrected chi connectivity index (χ4v) is 2.30. The Kier molecular flexibility index (Phi) is 2.98. The molecule has 0 aromatic carbocycles. The predicted octanol–water partition coefficient (Wildman–Crippen LogP) is 2.18. The Morgan fingerprint density at radius 2 is 2.42 bits per heavy atom. The quantitative estimate of drug-likeness (QED) is 0.826. The standard InChI is InChI=1S/C14H16N2O3/c1-19-14(18)9-4-5-15-11-7-10(16-13(9)11)12(17)6-8-2-3-8/h4-5,7-8,12,16-17H,2-3,6H2,1H3. The lowest BCUT2D eigenvalue weighted by Gasteiger charge is -2.06. The number of aromatic nitrogens is 2. The zero-order valence-corrected chi connectivity index (χ0v) is 10.7. The highest BCUT2D eigenvalue weighted by Crippen LogP contribution is 2.37. The van der Waals surface area contributed by atoms with Gasteiger partial charge in [0.05, 0.1) is 29.8 Å². The average molecular weight is 260 g/mol. The van der Waals surface area contributed by atoms with Gasteiger partial charge in [-0.15, -0.1) is 0 Å². The number of esters is 1. The van der Waals surface area contributed by atoms with E-state index in [1.54, 1.807) is 18.3 Å². The Morgan fingerprint density at radius 3 is 3.11 bits per heavy atom. The highest BCUT2D eigenvalue weighted by atomic mass is 16.5. The Morgan fingerprint density at radius 1 is 1.63 bits per heavy atom. The summed E-state index contributed by atoms with van der Waals surface area (Å²) in [6, 6.07) is 3.41. The smallest absolute Gasteiger partial charge is 0.340 e. The van der Waals surface area contributed by atoms with Gasteiger partial charge in [0.15, 0.2) is 0 Å². The number of ether oxygens (including phenoxy) is 1. The molecule has 19 heavy (non-hydrogen) atoms. The van der Waals surface area contributed by atoms with Gasteiger partial charge < -0.3 is 14.8 Å². The number of pyridine rings is 1. The van der Waals surface area contributed by atoms with E-state index in [0.29, 0.717) is 28.2 Å². The number of aliphatic hydroxyl groups is 1. The van der Waals surface area contributed by atoms with Crippen molar-refractivity contribution in [3.05, 3.63) is 29.6 Å². The molecule has 100 valence electrons. The van der Waals surface area contributed by atoms with Crippen LogP contribution in [-0.4, -0.2) is 28.2 Å². The number of methoxy groups -OCH3 is 1. The van der Waals surface area contributed by atoms with Crippen molar-refractivity contribution >= 4 is 17.0 Å². The summed E-state index contributed by atoms with van der Waals surface area (Å²) >= 11 is 0. The van der Waals surface area contributed by atoms with Crippen LogP contribution in [0.2, 0.25) is 0 Å². The monoisotopic (exact) mass is 260 g/mol. The molecule has 1 aliphatic carbocycles. The molecular formula is C14H16N2O3. The minimum absolute atomic E-state index is 0.405. The van der Waals surface area contributed by atoms with Crippen molar-refractivity contribution in [2.24, 2.45) is 5.92 Å². The molecule has 0 aliphatic heterocycles. The molecule has 1 unspecified atom stereocenters. The SMILES string of the molecule is COC(=O)c1ccnc2cc(C(O)CC3CC3)[nH]c12. The van der Waals surface area contributed by atoms with E-state index >= 15 is 0 Å². The van der Waals surface area contributed by atoms with Gasteiger partial charge in [-0.3, -0.25) is 4.98 Å². The zero-order chi connectivity index (χ0) is 13.4. The number of hydrogen-bond donors (Lipinski definition) is 2. The van der Waals surface area contributed by atoms with Crippen LogP contribution in [0.15, 0.2) is 18.3 Å². The molecule has 0 saturated heterocycles. The molecule has 0 spiro atoms. The van der Waals surface area contributed by atoms with Gasteiger partial charge in [0.25, 0.3) is 0 Å². The van der Waals surface area contributed by atoms with Crippen molar-refractivity contribution in [1.82, 2.24) is 9.97 Å². The number of nitrogens with zero attached hydrogens (tertiary/aromatic N) is 1. The Labute approximate surface area is 110 Å². The first-order valence-corrected chi connectivity index (χ1v) is 6.43. The molecule has 0 bridgehead atoms. The number of hydrogen-bond acceptors (Lipinski definition) is 4. The lowest BCUT2D eigenvalue weighted by molar-refractivity contribution is 0.0602. The number of aromatic amines is 1. The van der Waals surface area contributed by atoms with Crippen molar-refractivity contribution in [3.63, 3.8) is 0 Å². The van der Waals surface area contributed by atoms with E-state index in [9.17, 15) is 9.90 Å². The van der Waals surface area contributed by atoms with Crippen LogP contribution >= 0.6 is 0 Å². The summed E-state index contributed by atoms with van der Waals surface area (Å²) in [6.45, 7) is 0. The third-order valence-corrected chi connectivity index (χ3v) is 3.56. The van der Waals surface area contributed by atoms with E-state index in [-0.39, 0.29) is 0 Å². The lowest BCUT2D eigenvalue weighted by Crippen LogP contribution is -2.03. The second-order valence-electron chi connectivity index (χ2n) is 5.03. The molecule has 2 heterocycles. The van der Waals surface area contributed by atoms with E-state index in [1.807, 2.05) is 0 Å². The molecule has 2 N–H and O–H groups in total. The third-order valence-electron chi connectivity index (χ3n) is 3.56. The van der Waals surface area contributed by atoms with Gasteiger partial charge >= 0.3 is 5.97 Å². The summed E-state index contributed by atoms with van der Waals surface area (Å²) in [5, 5.41) is 10.1. The fraction of sp³-hybridized carbons (Fsp3) is 0.429. The summed E-state index contributed by atoms with van der Waals surface area (Å²) in [6.07, 6.45) is 4.21. The summed E-state index contributed by atoms with van der Waals surface area (Å²) in [4.78, 5) is 19.0. The summed E-state index contributed by atoms with van der Waals surface area (Å²) < 4.78 is 4.74. The van der Waals surface area contributed by atoms with Crippen molar-refractivity contribution < 1.29 is 14.6 Å². The molecule has 1 saturated carbocycles. The van der Waals surface area contributed by atoms with Crippen LogP contribution in [0.3, 0.4) is 0 Å². The van der Waals surface area contributed by atoms with E-state index < -0.39 is 12.1 Å². The molecule has 5 nitrogen and oxygen atoms in total. The fourth-order valence-electron chi connectivity index (χ4n) is 2.30. The van der Waals surface area contributed by atoms with E-state index in [1.165, 1.54) is 20.0 Å². The minimum atomic E-state index is -0.521. The number of aliphatic hydroxyl groups excluding tert-OH is 1. The Bertz CT molecular complexity index is 616. The Hall–Kier alpha value is -1.88. The highest BCUT2D eigenvalue weighted by molar-refractivity contribution is 6.01. The second-order valence-corrected chi connectivity index (χ2v) is 5.03. The molecule has 3 rings (SSSR count).